The Balaban J connectivity index is 2.04. The summed E-state index contributed by atoms with van der Waals surface area (Å²) in [5, 5.41) is 0. The molecule has 1 heterocycles. The minimum absolute atomic E-state index is 0.151. The highest BCUT2D eigenvalue weighted by Gasteiger charge is 2.27. The Labute approximate surface area is 114 Å². The second kappa shape index (κ2) is 5.61. The molecule has 3 rings (SSSR count). The van der Waals surface area contributed by atoms with Gasteiger partial charge in [0.05, 0.1) is 13.2 Å². The van der Waals surface area contributed by atoms with Crippen molar-refractivity contribution in [3.05, 3.63) is 41.0 Å². The standard InChI is InChI=1S/C17H18O2/c1-2-3-7-15-14-8-5-4-6-13(14)9-10-16(15)17-18-11-12-19-17/h4-6,8,17H,7,9-12H2,1H3. The number of fused-ring (bicyclic) bond motifs is 1. The van der Waals surface area contributed by atoms with Crippen molar-refractivity contribution in [1.29, 1.82) is 0 Å². The fourth-order valence-corrected chi connectivity index (χ4v) is 2.83. The second-order valence-corrected chi connectivity index (χ2v) is 4.84. The first-order valence-corrected chi connectivity index (χ1v) is 6.83. The average Bonchev–Trinajstić information content (AvgIpc) is 2.98. The Morgan fingerprint density at radius 2 is 1.95 bits per heavy atom. The summed E-state index contributed by atoms with van der Waals surface area (Å²) in [5.41, 5.74) is 5.34. The van der Waals surface area contributed by atoms with E-state index >= 15 is 0 Å². The molecule has 2 aliphatic rings. The molecule has 0 N–H and O–H groups in total. The third-order valence-electron chi connectivity index (χ3n) is 3.74. The molecule has 2 heteroatoms. The van der Waals surface area contributed by atoms with E-state index in [-0.39, 0.29) is 6.29 Å². The lowest BCUT2D eigenvalue weighted by atomic mass is 9.84. The Morgan fingerprint density at radius 1 is 1.16 bits per heavy atom. The van der Waals surface area contributed by atoms with Gasteiger partial charge in [-0.25, -0.2) is 0 Å². The highest BCUT2D eigenvalue weighted by Crippen LogP contribution is 2.36. The fraction of sp³-hybridized carbons (Fsp3) is 0.412. The molecule has 0 amide bonds. The Bertz CT molecular complexity index is 554. The van der Waals surface area contributed by atoms with Gasteiger partial charge in [-0.15, -0.1) is 5.92 Å². The molecule has 1 aliphatic heterocycles. The van der Waals surface area contributed by atoms with Crippen LogP contribution in [0.25, 0.3) is 5.57 Å². The minimum atomic E-state index is -0.151. The number of allylic oxidation sites excluding steroid dienone is 1. The van der Waals surface area contributed by atoms with E-state index in [4.69, 9.17) is 9.47 Å². The van der Waals surface area contributed by atoms with Crippen LogP contribution in [0.15, 0.2) is 29.8 Å². The molecule has 1 fully saturated rings. The molecular formula is C17H18O2. The van der Waals surface area contributed by atoms with Crippen molar-refractivity contribution >= 4 is 5.57 Å². The van der Waals surface area contributed by atoms with Crippen molar-refractivity contribution in [2.24, 2.45) is 0 Å². The third-order valence-corrected chi connectivity index (χ3v) is 3.74. The number of rotatable bonds is 2. The van der Waals surface area contributed by atoms with Crippen molar-refractivity contribution in [2.75, 3.05) is 13.2 Å². The molecule has 0 saturated carbocycles. The van der Waals surface area contributed by atoms with Gasteiger partial charge in [0.25, 0.3) is 0 Å². The average molecular weight is 254 g/mol. The number of aryl methyl sites for hydroxylation is 1. The summed E-state index contributed by atoms with van der Waals surface area (Å²) in [5.74, 6) is 6.18. The highest BCUT2D eigenvalue weighted by atomic mass is 16.7. The Hall–Kier alpha value is -1.56. The Morgan fingerprint density at radius 3 is 2.74 bits per heavy atom. The van der Waals surface area contributed by atoms with E-state index in [1.54, 1.807) is 0 Å². The molecule has 1 saturated heterocycles. The second-order valence-electron chi connectivity index (χ2n) is 4.84. The zero-order valence-corrected chi connectivity index (χ0v) is 11.2. The van der Waals surface area contributed by atoms with Crippen LogP contribution < -0.4 is 0 Å². The van der Waals surface area contributed by atoms with Crippen LogP contribution >= 0.6 is 0 Å². The van der Waals surface area contributed by atoms with Gasteiger partial charge in [-0.3, -0.25) is 0 Å². The van der Waals surface area contributed by atoms with Crippen molar-refractivity contribution in [3.63, 3.8) is 0 Å². The first-order chi connectivity index (χ1) is 9.40. The van der Waals surface area contributed by atoms with E-state index in [1.165, 1.54) is 22.3 Å². The molecule has 0 bridgehead atoms. The molecular weight excluding hydrogens is 236 g/mol. The molecule has 0 atom stereocenters. The summed E-state index contributed by atoms with van der Waals surface area (Å²) < 4.78 is 11.4. The lowest BCUT2D eigenvalue weighted by Crippen LogP contribution is -2.18. The SMILES string of the molecule is CC#CCC1=C(C2OCCO2)CCc2ccccc21. The van der Waals surface area contributed by atoms with Crippen molar-refractivity contribution in [2.45, 2.75) is 32.5 Å². The van der Waals surface area contributed by atoms with Crippen molar-refractivity contribution in [1.82, 2.24) is 0 Å². The summed E-state index contributed by atoms with van der Waals surface area (Å²) in [6.45, 7) is 3.28. The molecule has 1 aromatic carbocycles. The van der Waals surface area contributed by atoms with Gasteiger partial charge in [0.1, 0.15) is 0 Å². The maximum absolute atomic E-state index is 5.69. The lowest BCUT2D eigenvalue weighted by molar-refractivity contribution is -0.0131. The van der Waals surface area contributed by atoms with Crippen LogP contribution in [0.2, 0.25) is 0 Å². The number of ether oxygens (including phenoxy) is 2. The quantitative estimate of drug-likeness (QED) is 0.755. The lowest BCUT2D eigenvalue weighted by Gasteiger charge is -2.25. The Kier molecular flexibility index (Phi) is 3.68. The monoisotopic (exact) mass is 254 g/mol. The first-order valence-electron chi connectivity index (χ1n) is 6.83. The topological polar surface area (TPSA) is 18.5 Å². The van der Waals surface area contributed by atoms with Crippen LogP contribution in [0.1, 0.15) is 30.9 Å². The van der Waals surface area contributed by atoms with Gasteiger partial charge in [0.15, 0.2) is 6.29 Å². The smallest absolute Gasteiger partial charge is 0.180 e. The van der Waals surface area contributed by atoms with Gasteiger partial charge in [-0.2, -0.15) is 0 Å². The predicted octanol–water partition coefficient (Wildman–Crippen LogP) is 3.17. The number of hydrogen-bond acceptors (Lipinski definition) is 2. The molecule has 1 aliphatic carbocycles. The van der Waals surface area contributed by atoms with Gasteiger partial charge < -0.3 is 9.47 Å². The van der Waals surface area contributed by atoms with Gasteiger partial charge in [-0.05, 0) is 42.0 Å². The molecule has 98 valence electrons. The molecule has 0 aromatic heterocycles. The number of benzene rings is 1. The molecule has 19 heavy (non-hydrogen) atoms. The van der Waals surface area contributed by atoms with Crippen LogP contribution in [-0.2, 0) is 15.9 Å². The van der Waals surface area contributed by atoms with Crippen LogP contribution in [0.4, 0.5) is 0 Å². The summed E-state index contributed by atoms with van der Waals surface area (Å²) in [4.78, 5) is 0. The minimum Gasteiger partial charge on any atom is -0.346 e. The molecule has 1 aromatic rings. The van der Waals surface area contributed by atoms with Crippen LogP contribution in [0.5, 0.6) is 0 Å². The predicted molar refractivity (Wildman–Crippen MR) is 75.4 cm³/mol. The third kappa shape index (κ3) is 2.45. The largest absolute Gasteiger partial charge is 0.346 e. The van der Waals surface area contributed by atoms with Crippen molar-refractivity contribution in [3.8, 4) is 11.8 Å². The van der Waals surface area contributed by atoms with Crippen LogP contribution in [0.3, 0.4) is 0 Å². The zero-order chi connectivity index (χ0) is 13.1. The summed E-state index contributed by atoms with van der Waals surface area (Å²) >= 11 is 0. The van der Waals surface area contributed by atoms with E-state index in [0.29, 0.717) is 13.2 Å². The van der Waals surface area contributed by atoms with E-state index in [1.807, 2.05) is 6.92 Å². The van der Waals surface area contributed by atoms with Gasteiger partial charge in [0.2, 0.25) is 0 Å². The van der Waals surface area contributed by atoms with E-state index < -0.39 is 0 Å². The maximum atomic E-state index is 5.69. The summed E-state index contributed by atoms with van der Waals surface area (Å²) in [6.07, 6.45) is 2.72. The van der Waals surface area contributed by atoms with Crippen LogP contribution in [0, 0.1) is 11.8 Å². The molecule has 0 radical (unpaired) electrons. The van der Waals surface area contributed by atoms with Gasteiger partial charge in [-0.1, -0.05) is 30.2 Å². The molecule has 0 unspecified atom stereocenters. The maximum Gasteiger partial charge on any atom is 0.180 e. The number of hydrogen-bond donors (Lipinski definition) is 0. The van der Waals surface area contributed by atoms with E-state index in [2.05, 4.69) is 36.1 Å². The molecule has 0 spiro atoms. The molecule has 2 nitrogen and oxygen atoms in total. The zero-order valence-electron chi connectivity index (χ0n) is 11.2. The first kappa shape index (κ1) is 12.5. The van der Waals surface area contributed by atoms with Crippen LogP contribution in [-0.4, -0.2) is 19.5 Å². The fourth-order valence-electron chi connectivity index (χ4n) is 2.83. The van der Waals surface area contributed by atoms with E-state index in [9.17, 15) is 0 Å². The van der Waals surface area contributed by atoms with Gasteiger partial charge >= 0.3 is 0 Å². The summed E-state index contributed by atoms with van der Waals surface area (Å²) in [7, 11) is 0. The highest BCUT2D eigenvalue weighted by molar-refractivity contribution is 5.75. The van der Waals surface area contributed by atoms with Gasteiger partial charge in [0, 0.05) is 6.42 Å². The normalized spacial score (nSPS) is 19.0. The van der Waals surface area contributed by atoms with Crippen molar-refractivity contribution < 1.29 is 9.47 Å². The summed E-state index contributed by atoms with van der Waals surface area (Å²) in [6, 6.07) is 8.60. The van der Waals surface area contributed by atoms with E-state index in [0.717, 1.165) is 19.3 Å².